The van der Waals surface area contributed by atoms with E-state index < -0.39 is 0 Å². The van der Waals surface area contributed by atoms with Gasteiger partial charge in [0.1, 0.15) is 0 Å². The number of likely N-dealkylation sites (N-methyl/N-ethyl adjacent to an activating group) is 1. The van der Waals surface area contributed by atoms with E-state index in [9.17, 15) is 4.79 Å². The van der Waals surface area contributed by atoms with Crippen LogP contribution >= 0.6 is 0 Å². The van der Waals surface area contributed by atoms with Crippen LogP contribution < -0.4 is 20.1 Å². The van der Waals surface area contributed by atoms with Gasteiger partial charge in [0.15, 0.2) is 11.5 Å². The fourth-order valence-corrected chi connectivity index (χ4v) is 3.09. The molecule has 0 aliphatic carbocycles. The first kappa shape index (κ1) is 21.6. The van der Waals surface area contributed by atoms with E-state index in [1.807, 2.05) is 50.5 Å². The van der Waals surface area contributed by atoms with Gasteiger partial charge >= 0.3 is 6.03 Å². The third kappa shape index (κ3) is 7.12. The minimum atomic E-state index is -0.150. The second-order valence-electron chi connectivity index (χ2n) is 6.99. The minimum absolute atomic E-state index is 0.0403. The van der Waals surface area contributed by atoms with E-state index in [1.165, 1.54) is 5.56 Å². The van der Waals surface area contributed by atoms with E-state index in [4.69, 9.17) is 9.47 Å². The number of urea groups is 1. The van der Waals surface area contributed by atoms with Crippen molar-refractivity contribution in [3.63, 3.8) is 0 Å². The lowest BCUT2D eigenvalue weighted by Gasteiger charge is -2.23. The van der Waals surface area contributed by atoms with Gasteiger partial charge in [-0.05, 0) is 50.2 Å². The Morgan fingerprint density at radius 2 is 1.71 bits per heavy atom. The molecule has 0 saturated heterocycles. The Hall–Kier alpha value is -2.73. The number of ether oxygens (including phenoxy) is 2. The van der Waals surface area contributed by atoms with Crippen molar-refractivity contribution in [2.24, 2.45) is 0 Å². The molecule has 2 N–H and O–H groups in total. The van der Waals surface area contributed by atoms with Crippen LogP contribution in [0.4, 0.5) is 4.79 Å². The molecule has 0 aliphatic rings. The smallest absolute Gasteiger partial charge is 0.315 e. The maximum Gasteiger partial charge on any atom is 0.315 e. The van der Waals surface area contributed by atoms with E-state index >= 15 is 0 Å². The zero-order chi connectivity index (χ0) is 20.4. The number of nitrogens with zero attached hydrogens (tertiary/aromatic N) is 1. The van der Waals surface area contributed by atoms with Crippen molar-refractivity contribution in [1.82, 2.24) is 15.5 Å². The van der Waals surface area contributed by atoms with Crippen LogP contribution in [-0.2, 0) is 12.8 Å². The maximum absolute atomic E-state index is 12.4. The lowest BCUT2D eigenvalue weighted by molar-refractivity contribution is 0.232. The van der Waals surface area contributed by atoms with Crippen LogP contribution in [0.3, 0.4) is 0 Å². The Kier molecular flexibility index (Phi) is 8.62. The van der Waals surface area contributed by atoms with Crippen molar-refractivity contribution in [2.75, 3.05) is 41.4 Å². The minimum Gasteiger partial charge on any atom is -0.493 e. The van der Waals surface area contributed by atoms with Gasteiger partial charge in [-0.2, -0.15) is 0 Å². The molecule has 2 aromatic carbocycles. The highest BCUT2D eigenvalue weighted by atomic mass is 16.5. The Morgan fingerprint density at radius 1 is 1.00 bits per heavy atom. The van der Waals surface area contributed by atoms with Crippen molar-refractivity contribution in [1.29, 1.82) is 0 Å². The van der Waals surface area contributed by atoms with Crippen LogP contribution in [0.2, 0.25) is 0 Å². The number of carbonyl (C=O) groups is 1. The summed E-state index contributed by atoms with van der Waals surface area (Å²) in [5.74, 6) is 1.39. The number of hydrogen-bond donors (Lipinski definition) is 2. The fourth-order valence-electron chi connectivity index (χ4n) is 3.09. The average molecular weight is 386 g/mol. The summed E-state index contributed by atoms with van der Waals surface area (Å²) < 4.78 is 10.6. The summed E-state index contributed by atoms with van der Waals surface area (Å²) in [5.41, 5.74) is 2.28. The van der Waals surface area contributed by atoms with Gasteiger partial charge in [-0.1, -0.05) is 36.4 Å². The van der Waals surface area contributed by atoms with E-state index in [1.54, 1.807) is 14.2 Å². The molecule has 0 spiro atoms. The molecule has 6 nitrogen and oxygen atoms in total. The first-order chi connectivity index (χ1) is 13.5. The van der Waals surface area contributed by atoms with Gasteiger partial charge in [0.2, 0.25) is 0 Å². The van der Waals surface area contributed by atoms with Crippen LogP contribution in [0.1, 0.15) is 11.1 Å². The third-order valence-electron chi connectivity index (χ3n) is 4.39. The van der Waals surface area contributed by atoms with Crippen LogP contribution in [0, 0.1) is 0 Å². The third-order valence-corrected chi connectivity index (χ3v) is 4.39. The second kappa shape index (κ2) is 11.2. The van der Waals surface area contributed by atoms with Crippen LogP contribution in [0.25, 0.3) is 0 Å². The van der Waals surface area contributed by atoms with Crippen molar-refractivity contribution in [2.45, 2.75) is 18.9 Å². The van der Waals surface area contributed by atoms with Crippen molar-refractivity contribution >= 4 is 6.03 Å². The molecule has 152 valence electrons. The first-order valence-corrected chi connectivity index (χ1v) is 9.45. The van der Waals surface area contributed by atoms with Gasteiger partial charge < -0.3 is 25.0 Å². The van der Waals surface area contributed by atoms with E-state index in [0.717, 1.165) is 18.5 Å². The van der Waals surface area contributed by atoms with Crippen molar-refractivity contribution in [3.05, 3.63) is 59.7 Å². The summed E-state index contributed by atoms with van der Waals surface area (Å²) in [6.07, 6.45) is 1.51. The fraction of sp³-hybridized carbons (Fsp3) is 0.409. The number of methoxy groups -OCH3 is 2. The summed E-state index contributed by atoms with van der Waals surface area (Å²) in [4.78, 5) is 14.4. The number of amides is 2. The molecule has 28 heavy (non-hydrogen) atoms. The molecule has 0 aromatic heterocycles. The molecule has 0 bridgehead atoms. The predicted molar refractivity (Wildman–Crippen MR) is 112 cm³/mol. The van der Waals surface area contributed by atoms with E-state index in [0.29, 0.717) is 24.5 Å². The Morgan fingerprint density at radius 3 is 2.36 bits per heavy atom. The SMILES string of the molecule is COc1ccc(CCNC(=O)NC(Cc2ccccc2)CN(C)C)cc1OC. The first-order valence-electron chi connectivity index (χ1n) is 9.45. The molecule has 0 fully saturated rings. The largest absolute Gasteiger partial charge is 0.493 e. The van der Waals surface area contributed by atoms with Crippen molar-refractivity contribution < 1.29 is 14.3 Å². The Balaban J connectivity index is 1.85. The summed E-state index contributed by atoms with van der Waals surface area (Å²) in [5, 5.41) is 6.03. The summed E-state index contributed by atoms with van der Waals surface area (Å²) in [6.45, 7) is 1.32. The monoisotopic (exact) mass is 385 g/mol. The molecule has 0 saturated carbocycles. The maximum atomic E-state index is 12.4. The molecule has 6 heteroatoms. The van der Waals surface area contributed by atoms with E-state index in [-0.39, 0.29) is 12.1 Å². The van der Waals surface area contributed by atoms with Gasteiger partial charge in [0, 0.05) is 19.1 Å². The van der Waals surface area contributed by atoms with Gasteiger partial charge in [-0.15, -0.1) is 0 Å². The zero-order valence-electron chi connectivity index (χ0n) is 17.2. The molecule has 2 aromatic rings. The topological polar surface area (TPSA) is 62.8 Å². The van der Waals surface area contributed by atoms with E-state index in [2.05, 4.69) is 27.7 Å². The number of hydrogen-bond acceptors (Lipinski definition) is 4. The molecule has 0 aliphatic heterocycles. The lowest BCUT2D eigenvalue weighted by Crippen LogP contribution is -2.47. The normalized spacial score (nSPS) is 11.8. The number of rotatable bonds is 10. The molecular formula is C22H31N3O3. The molecule has 2 rings (SSSR count). The molecular weight excluding hydrogens is 354 g/mol. The molecule has 0 heterocycles. The highest BCUT2D eigenvalue weighted by molar-refractivity contribution is 5.74. The van der Waals surface area contributed by atoms with Gasteiger partial charge in [0.25, 0.3) is 0 Å². The molecule has 1 atom stereocenters. The number of benzene rings is 2. The summed E-state index contributed by atoms with van der Waals surface area (Å²) in [6, 6.07) is 15.9. The summed E-state index contributed by atoms with van der Waals surface area (Å²) >= 11 is 0. The lowest BCUT2D eigenvalue weighted by atomic mass is 10.1. The number of carbonyl (C=O) groups excluding carboxylic acids is 1. The zero-order valence-corrected chi connectivity index (χ0v) is 17.2. The molecule has 2 amide bonds. The highest BCUT2D eigenvalue weighted by Gasteiger charge is 2.14. The predicted octanol–water partition coefficient (Wildman–Crippen LogP) is 2.72. The van der Waals surface area contributed by atoms with Crippen LogP contribution in [0.5, 0.6) is 11.5 Å². The van der Waals surface area contributed by atoms with Crippen LogP contribution in [0.15, 0.2) is 48.5 Å². The van der Waals surface area contributed by atoms with Crippen LogP contribution in [-0.4, -0.2) is 58.4 Å². The molecule has 0 radical (unpaired) electrons. The highest BCUT2D eigenvalue weighted by Crippen LogP contribution is 2.27. The quantitative estimate of drug-likeness (QED) is 0.660. The average Bonchev–Trinajstić information content (AvgIpc) is 2.68. The van der Waals surface area contributed by atoms with Gasteiger partial charge in [-0.3, -0.25) is 0 Å². The summed E-state index contributed by atoms with van der Waals surface area (Å²) in [7, 11) is 7.25. The molecule has 1 unspecified atom stereocenters. The van der Waals surface area contributed by atoms with Crippen molar-refractivity contribution in [3.8, 4) is 11.5 Å². The standard InChI is InChI=1S/C22H31N3O3/c1-25(2)16-19(14-17-8-6-5-7-9-17)24-22(26)23-13-12-18-10-11-20(27-3)21(15-18)28-4/h5-11,15,19H,12-14,16H2,1-4H3,(H2,23,24,26). The second-order valence-corrected chi connectivity index (χ2v) is 6.99. The number of nitrogens with one attached hydrogen (secondary N) is 2. The van der Waals surface area contributed by atoms with Gasteiger partial charge in [-0.25, -0.2) is 4.79 Å². The Labute approximate surface area is 167 Å². The van der Waals surface area contributed by atoms with Gasteiger partial charge in [0.05, 0.1) is 14.2 Å². The Bertz CT molecular complexity index is 735.